The maximum Gasteiger partial charge on any atom is 0.453 e. The van der Waals surface area contributed by atoms with E-state index in [0.717, 1.165) is 32.1 Å². The maximum atomic E-state index is 13.0. The van der Waals surface area contributed by atoms with Crippen molar-refractivity contribution in [1.82, 2.24) is 20.2 Å². The van der Waals surface area contributed by atoms with Gasteiger partial charge in [-0.05, 0) is 46.9 Å². The number of hydrogen-bond acceptors (Lipinski definition) is 4. The van der Waals surface area contributed by atoms with Crippen molar-refractivity contribution in [3.63, 3.8) is 0 Å². The first kappa shape index (κ1) is 19.3. The number of rotatable bonds is 4. The summed E-state index contributed by atoms with van der Waals surface area (Å²) in [5.74, 6) is -2.25. The molecule has 1 saturated carbocycles. The van der Waals surface area contributed by atoms with E-state index in [4.69, 9.17) is 11.6 Å². The monoisotopic (exact) mass is 400 g/mol. The normalized spacial score (nSPS) is 16.5. The maximum absolute atomic E-state index is 13.0. The number of carboxylic acids is 1. The highest BCUT2D eigenvalue weighted by atomic mass is 35.5. The molecule has 1 N–H and O–H groups in total. The predicted molar refractivity (Wildman–Crippen MR) is 91.4 cm³/mol. The molecule has 0 unspecified atom stereocenters. The number of nitrogens with zero attached hydrogens (tertiary/aromatic N) is 4. The van der Waals surface area contributed by atoms with E-state index in [9.17, 15) is 23.1 Å². The lowest BCUT2D eigenvalue weighted by atomic mass is 9.87. The molecule has 2 aromatic rings. The van der Waals surface area contributed by atoms with Crippen LogP contribution in [0.2, 0.25) is 5.02 Å². The smallest absolute Gasteiger partial charge is 0.453 e. The fourth-order valence-corrected chi connectivity index (χ4v) is 3.46. The van der Waals surface area contributed by atoms with E-state index < -0.39 is 18.0 Å². The topological polar surface area (TPSA) is 80.9 Å². The molecule has 1 fully saturated rings. The van der Waals surface area contributed by atoms with Crippen LogP contribution in [0.15, 0.2) is 24.3 Å². The van der Waals surface area contributed by atoms with Crippen LogP contribution in [-0.2, 0) is 11.0 Å². The second-order valence-electron chi connectivity index (χ2n) is 6.36. The van der Waals surface area contributed by atoms with Gasteiger partial charge in [-0.15, -0.1) is 5.10 Å². The molecule has 10 heteroatoms. The molecule has 1 aliphatic carbocycles. The summed E-state index contributed by atoms with van der Waals surface area (Å²) in [4.78, 5) is 11.7. The summed E-state index contributed by atoms with van der Waals surface area (Å²) in [5, 5.41) is 18.8. The summed E-state index contributed by atoms with van der Waals surface area (Å²) in [6.45, 7) is 0. The fourth-order valence-electron chi connectivity index (χ4n) is 3.20. The Morgan fingerprint density at radius 2 is 1.96 bits per heavy atom. The first-order valence-corrected chi connectivity index (χ1v) is 8.76. The Hall–Kier alpha value is -2.42. The highest BCUT2D eigenvalue weighted by molar-refractivity contribution is 6.32. The summed E-state index contributed by atoms with van der Waals surface area (Å²) in [5.41, 5.74) is 0.326. The Bertz CT molecular complexity index is 873. The van der Waals surface area contributed by atoms with Gasteiger partial charge in [-0.1, -0.05) is 43.0 Å². The van der Waals surface area contributed by atoms with Crippen LogP contribution in [0.3, 0.4) is 0 Å². The number of aromatic nitrogens is 4. The average Bonchev–Trinajstić information content (AvgIpc) is 3.10. The van der Waals surface area contributed by atoms with Crippen molar-refractivity contribution in [3.05, 3.63) is 40.7 Å². The standard InChI is InChI=1S/C17H16ClF3N4O2/c18-13-9-11(12(15(26)27)8-10-4-2-1-3-5-10)6-7-14(13)25-16(17(19,20)21)22-23-24-25/h6-10H,1-5H2,(H,26,27)/b12-8+. The molecular weight excluding hydrogens is 385 g/mol. The number of carboxylic acid groups (broad SMARTS) is 1. The molecule has 0 radical (unpaired) electrons. The minimum absolute atomic E-state index is 0.0823. The van der Waals surface area contributed by atoms with E-state index in [1.165, 1.54) is 18.2 Å². The molecule has 0 amide bonds. The molecule has 0 bridgehead atoms. The first-order chi connectivity index (χ1) is 12.8. The van der Waals surface area contributed by atoms with Gasteiger partial charge in [0.1, 0.15) is 0 Å². The SMILES string of the molecule is O=C(O)/C(=C/C1CCCCC1)c1ccc(-n2nnnc2C(F)(F)F)c(Cl)c1. The molecule has 1 aliphatic rings. The molecule has 1 aromatic carbocycles. The molecule has 6 nitrogen and oxygen atoms in total. The van der Waals surface area contributed by atoms with Crippen molar-refractivity contribution in [2.75, 3.05) is 0 Å². The number of hydrogen-bond donors (Lipinski definition) is 1. The number of halogens is 4. The van der Waals surface area contributed by atoms with Gasteiger partial charge in [-0.25, -0.2) is 4.79 Å². The zero-order valence-electron chi connectivity index (χ0n) is 14.1. The zero-order valence-corrected chi connectivity index (χ0v) is 14.8. The molecule has 144 valence electrons. The van der Waals surface area contributed by atoms with E-state index >= 15 is 0 Å². The van der Waals surface area contributed by atoms with Crippen LogP contribution in [-0.4, -0.2) is 31.3 Å². The third-order valence-corrected chi connectivity index (χ3v) is 4.80. The predicted octanol–water partition coefficient (Wildman–Crippen LogP) is 4.38. The van der Waals surface area contributed by atoms with E-state index in [1.54, 1.807) is 6.08 Å². The lowest BCUT2D eigenvalue weighted by molar-refractivity contribution is -0.146. The van der Waals surface area contributed by atoms with Gasteiger partial charge < -0.3 is 5.11 Å². The number of aliphatic carboxylic acids is 1. The highest BCUT2D eigenvalue weighted by Crippen LogP contribution is 2.33. The molecule has 0 atom stereocenters. The summed E-state index contributed by atoms with van der Waals surface area (Å²) in [7, 11) is 0. The lowest BCUT2D eigenvalue weighted by Crippen LogP contribution is -2.15. The van der Waals surface area contributed by atoms with Crippen LogP contribution < -0.4 is 0 Å². The summed E-state index contributed by atoms with van der Waals surface area (Å²) in [6, 6.07) is 4.01. The molecule has 3 rings (SSSR count). The molecule has 1 heterocycles. The van der Waals surface area contributed by atoms with E-state index in [2.05, 4.69) is 15.5 Å². The Balaban J connectivity index is 1.97. The zero-order chi connectivity index (χ0) is 19.6. The minimum atomic E-state index is -4.75. The van der Waals surface area contributed by atoms with Crippen molar-refractivity contribution in [2.45, 2.75) is 38.3 Å². The van der Waals surface area contributed by atoms with E-state index in [-0.39, 0.29) is 22.2 Å². The van der Waals surface area contributed by atoms with Crippen LogP contribution in [0.25, 0.3) is 11.3 Å². The largest absolute Gasteiger partial charge is 0.478 e. The summed E-state index contributed by atoms with van der Waals surface area (Å²) >= 11 is 6.13. The van der Waals surface area contributed by atoms with Crippen LogP contribution >= 0.6 is 11.6 Å². The van der Waals surface area contributed by atoms with Gasteiger partial charge in [0.2, 0.25) is 0 Å². The summed E-state index contributed by atoms with van der Waals surface area (Å²) in [6.07, 6.45) is 2.04. The second kappa shape index (κ2) is 7.67. The summed E-state index contributed by atoms with van der Waals surface area (Å²) < 4.78 is 39.4. The van der Waals surface area contributed by atoms with Gasteiger partial charge in [-0.3, -0.25) is 0 Å². The third-order valence-electron chi connectivity index (χ3n) is 4.49. The van der Waals surface area contributed by atoms with Crippen LogP contribution in [0, 0.1) is 5.92 Å². The second-order valence-corrected chi connectivity index (χ2v) is 6.77. The first-order valence-electron chi connectivity index (χ1n) is 8.38. The lowest BCUT2D eigenvalue weighted by Gasteiger charge is -2.19. The Morgan fingerprint density at radius 1 is 1.26 bits per heavy atom. The van der Waals surface area contributed by atoms with Crippen LogP contribution in [0.1, 0.15) is 43.5 Å². The molecule has 0 spiro atoms. The van der Waals surface area contributed by atoms with Gasteiger partial charge in [0.15, 0.2) is 0 Å². The Morgan fingerprint density at radius 3 is 2.56 bits per heavy atom. The average molecular weight is 401 g/mol. The van der Waals surface area contributed by atoms with Crippen molar-refractivity contribution >= 4 is 23.1 Å². The Labute approximate surface area is 157 Å². The van der Waals surface area contributed by atoms with Gasteiger partial charge in [0, 0.05) is 0 Å². The number of benzene rings is 1. The highest BCUT2D eigenvalue weighted by Gasteiger charge is 2.38. The minimum Gasteiger partial charge on any atom is -0.478 e. The van der Waals surface area contributed by atoms with Crippen molar-refractivity contribution < 1.29 is 23.1 Å². The quantitative estimate of drug-likeness (QED) is 0.770. The molecular formula is C17H16ClF3N4O2. The van der Waals surface area contributed by atoms with E-state index in [1.807, 2.05) is 0 Å². The van der Waals surface area contributed by atoms with Crippen LogP contribution in [0.5, 0.6) is 0 Å². The molecule has 1 aromatic heterocycles. The number of tetrazole rings is 1. The third kappa shape index (κ3) is 4.29. The van der Waals surface area contributed by atoms with Gasteiger partial charge in [0.25, 0.3) is 5.82 Å². The molecule has 0 saturated heterocycles. The number of alkyl halides is 3. The van der Waals surface area contributed by atoms with E-state index in [0.29, 0.717) is 10.2 Å². The van der Waals surface area contributed by atoms with Crippen molar-refractivity contribution in [3.8, 4) is 5.69 Å². The number of carbonyl (C=O) groups is 1. The van der Waals surface area contributed by atoms with Crippen molar-refractivity contribution in [1.29, 1.82) is 0 Å². The fraction of sp³-hybridized carbons (Fsp3) is 0.412. The Kier molecular flexibility index (Phi) is 5.50. The van der Waals surface area contributed by atoms with Gasteiger partial charge >= 0.3 is 12.1 Å². The molecule has 27 heavy (non-hydrogen) atoms. The van der Waals surface area contributed by atoms with Gasteiger partial charge in [0.05, 0.1) is 16.3 Å². The van der Waals surface area contributed by atoms with Crippen molar-refractivity contribution in [2.24, 2.45) is 5.92 Å². The van der Waals surface area contributed by atoms with Gasteiger partial charge in [-0.2, -0.15) is 17.9 Å². The number of allylic oxidation sites excluding steroid dienone is 1. The molecule has 0 aliphatic heterocycles. The van der Waals surface area contributed by atoms with Crippen LogP contribution in [0.4, 0.5) is 13.2 Å².